The second kappa shape index (κ2) is 7.70. The summed E-state index contributed by atoms with van der Waals surface area (Å²) >= 11 is 0. The number of hydrogen-bond acceptors (Lipinski definition) is 4. The Kier molecular flexibility index (Phi) is 6.20. The fraction of sp³-hybridized carbons (Fsp3) is 0.500. The molecule has 0 saturated heterocycles. The molecule has 2 N–H and O–H groups in total. The van der Waals surface area contributed by atoms with E-state index in [1.54, 1.807) is 0 Å². The van der Waals surface area contributed by atoms with Crippen molar-refractivity contribution in [3.8, 4) is 11.8 Å². The molecule has 2 unspecified atom stereocenters. The van der Waals surface area contributed by atoms with Gasteiger partial charge in [-0.25, -0.2) is 0 Å². The van der Waals surface area contributed by atoms with Crippen LogP contribution in [0.25, 0.3) is 0 Å². The van der Waals surface area contributed by atoms with Crippen molar-refractivity contribution < 1.29 is 9.84 Å². The molecule has 4 nitrogen and oxygen atoms in total. The van der Waals surface area contributed by atoms with Crippen molar-refractivity contribution >= 4 is 0 Å². The summed E-state index contributed by atoms with van der Waals surface area (Å²) in [6.07, 6.45) is 0. The summed E-state index contributed by atoms with van der Waals surface area (Å²) in [6.45, 7) is 4.92. The Morgan fingerprint density at radius 3 is 2.78 bits per heavy atom. The maximum absolute atomic E-state index is 9.07. The molecule has 1 aromatic rings. The maximum atomic E-state index is 9.07. The third kappa shape index (κ3) is 4.36. The highest BCUT2D eigenvalue weighted by molar-refractivity contribution is 5.33. The van der Waals surface area contributed by atoms with E-state index in [-0.39, 0.29) is 25.2 Å². The molecule has 1 rings (SSSR count). The lowest BCUT2D eigenvalue weighted by Crippen LogP contribution is -2.33. The van der Waals surface area contributed by atoms with Crippen LogP contribution in [0, 0.1) is 17.2 Å². The van der Waals surface area contributed by atoms with E-state index in [0.717, 1.165) is 11.3 Å². The van der Waals surface area contributed by atoms with E-state index < -0.39 is 0 Å². The van der Waals surface area contributed by atoms with E-state index in [0.29, 0.717) is 6.54 Å². The Labute approximate surface area is 108 Å². The Morgan fingerprint density at radius 2 is 2.11 bits per heavy atom. The zero-order valence-corrected chi connectivity index (χ0v) is 10.9. The number of nitriles is 1. The molecule has 0 bridgehead atoms. The summed E-state index contributed by atoms with van der Waals surface area (Å²) in [6, 6.07) is 9.83. The molecule has 0 aliphatic rings. The van der Waals surface area contributed by atoms with Gasteiger partial charge >= 0.3 is 0 Å². The van der Waals surface area contributed by atoms with Crippen LogP contribution in [0.4, 0.5) is 0 Å². The lowest BCUT2D eigenvalue weighted by atomic mass is 10.0. The van der Waals surface area contributed by atoms with Gasteiger partial charge in [0.25, 0.3) is 0 Å². The van der Waals surface area contributed by atoms with Gasteiger partial charge in [0.15, 0.2) is 6.61 Å². The number of nitrogens with zero attached hydrogens (tertiary/aromatic N) is 1. The van der Waals surface area contributed by atoms with Crippen LogP contribution in [0.5, 0.6) is 5.75 Å². The smallest absolute Gasteiger partial charge is 0.174 e. The minimum Gasteiger partial charge on any atom is -0.478 e. The summed E-state index contributed by atoms with van der Waals surface area (Å²) in [5.74, 6) is 0.938. The number of rotatable bonds is 7. The first kappa shape index (κ1) is 14.5. The number of hydrogen-bond donors (Lipinski definition) is 2. The van der Waals surface area contributed by atoms with Gasteiger partial charge in [-0.15, -0.1) is 0 Å². The third-order valence-electron chi connectivity index (χ3n) is 3.02. The zero-order chi connectivity index (χ0) is 13.4. The number of nitrogens with one attached hydrogen (secondary N) is 1. The molecular weight excluding hydrogens is 228 g/mol. The monoisotopic (exact) mass is 248 g/mol. The summed E-state index contributed by atoms with van der Waals surface area (Å²) in [5.41, 5.74) is 1.02. The van der Waals surface area contributed by atoms with Gasteiger partial charge in [-0.05, 0) is 18.9 Å². The second-order valence-electron chi connectivity index (χ2n) is 4.38. The molecule has 4 heteroatoms. The van der Waals surface area contributed by atoms with Crippen molar-refractivity contribution in [2.75, 3.05) is 13.2 Å². The minimum atomic E-state index is 0.0552. The van der Waals surface area contributed by atoms with Gasteiger partial charge in [0.2, 0.25) is 0 Å². The summed E-state index contributed by atoms with van der Waals surface area (Å²) in [7, 11) is 0. The zero-order valence-electron chi connectivity index (χ0n) is 10.9. The summed E-state index contributed by atoms with van der Waals surface area (Å²) < 4.78 is 5.35. The first-order valence-electron chi connectivity index (χ1n) is 6.11. The topological polar surface area (TPSA) is 65.3 Å². The average molecular weight is 248 g/mol. The van der Waals surface area contributed by atoms with Crippen LogP contribution >= 0.6 is 0 Å². The van der Waals surface area contributed by atoms with Gasteiger partial charge in [-0.2, -0.15) is 5.26 Å². The lowest BCUT2D eigenvalue weighted by molar-refractivity contribution is 0.206. The number of benzene rings is 1. The SMILES string of the molecule is CC(CO)C(C)NCc1ccccc1OCC#N. The molecule has 18 heavy (non-hydrogen) atoms. The van der Waals surface area contributed by atoms with E-state index in [1.165, 1.54) is 0 Å². The summed E-state index contributed by atoms with van der Waals surface area (Å²) in [5, 5.41) is 20.9. The van der Waals surface area contributed by atoms with Gasteiger partial charge < -0.3 is 15.2 Å². The molecular formula is C14H20N2O2. The standard InChI is InChI=1S/C14H20N2O2/c1-11(10-17)12(2)16-9-13-5-3-4-6-14(13)18-8-7-15/h3-6,11-12,16-17H,8-10H2,1-2H3. The number of para-hydroxylation sites is 1. The lowest BCUT2D eigenvalue weighted by Gasteiger charge is -2.20. The van der Waals surface area contributed by atoms with Crippen molar-refractivity contribution in [1.29, 1.82) is 5.26 Å². The van der Waals surface area contributed by atoms with E-state index in [4.69, 9.17) is 15.1 Å². The molecule has 0 aliphatic carbocycles. The van der Waals surface area contributed by atoms with Crippen molar-refractivity contribution in [3.63, 3.8) is 0 Å². The highest BCUT2D eigenvalue weighted by atomic mass is 16.5. The predicted molar refractivity (Wildman–Crippen MR) is 70.1 cm³/mol. The molecule has 0 amide bonds. The Balaban J connectivity index is 2.58. The molecule has 2 atom stereocenters. The summed E-state index contributed by atoms with van der Waals surface area (Å²) in [4.78, 5) is 0. The van der Waals surface area contributed by atoms with Crippen molar-refractivity contribution in [2.45, 2.75) is 26.4 Å². The molecule has 0 saturated carbocycles. The van der Waals surface area contributed by atoms with Crippen molar-refractivity contribution in [3.05, 3.63) is 29.8 Å². The number of ether oxygens (including phenoxy) is 1. The first-order valence-corrected chi connectivity index (χ1v) is 6.11. The molecule has 1 aromatic carbocycles. The molecule has 0 spiro atoms. The van der Waals surface area contributed by atoms with Gasteiger partial charge in [-0.1, -0.05) is 25.1 Å². The van der Waals surface area contributed by atoms with E-state index in [2.05, 4.69) is 5.32 Å². The molecule has 98 valence electrons. The number of aliphatic hydroxyl groups excluding tert-OH is 1. The minimum absolute atomic E-state index is 0.0552. The van der Waals surface area contributed by atoms with Gasteiger partial charge in [0, 0.05) is 24.8 Å². The van der Waals surface area contributed by atoms with Crippen LogP contribution in [-0.4, -0.2) is 24.4 Å². The van der Waals surface area contributed by atoms with E-state index >= 15 is 0 Å². The van der Waals surface area contributed by atoms with Crippen LogP contribution in [-0.2, 0) is 6.54 Å². The Morgan fingerprint density at radius 1 is 1.39 bits per heavy atom. The molecule has 0 fully saturated rings. The second-order valence-corrected chi connectivity index (χ2v) is 4.38. The largest absolute Gasteiger partial charge is 0.478 e. The fourth-order valence-electron chi connectivity index (χ4n) is 1.53. The molecule has 0 aliphatic heterocycles. The molecule has 0 radical (unpaired) electrons. The highest BCUT2D eigenvalue weighted by Gasteiger charge is 2.11. The van der Waals surface area contributed by atoms with Crippen LogP contribution in [0.2, 0.25) is 0 Å². The van der Waals surface area contributed by atoms with Crippen molar-refractivity contribution in [2.24, 2.45) is 5.92 Å². The Hall–Kier alpha value is -1.57. The van der Waals surface area contributed by atoms with Gasteiger partial charge in [-0.3, -0.25) is 0 Å². The van der Waals surface area contributed by atoms with Crippen LogP contribution in [0.3, 0.4) is 0 Å². The molecule has 0 aromatic heterocycles. The first-order chi connectivity index (χ1) is 8.69. The fourth-order valence-corrected chi connectivity index (χ4v) is 1.53. The highest BCUT2D eigenvalue weighted by Crippen LogP contribution is 2.18. The van der Waals surface area contributed by atoms with E-state index in [9.17, 15) is 0 Å². The van der Waals surface area contributed by atoms with E-state index in [1.807, 2.05) is 44.2 Å². The van der Waals surface area contributed by atoms with Crippen LogP contribution < -0.4 is 10.1 Å². The maximum Gasteiger partial charge on any atom is 0.174 e. The van der Waals surface area contributed by atoms with Crippen molar-refractivity contribution in [1.82, 2.24) is 5.32 Å². The quantitative estimate of drug-likeness (QED) is 0.770. The van der Waals surface area contributed by atoms with Gasteiger partial charge in [0.1, 0.15) is 11.8 Å². The average Bonchev–Trinajstić information content (AvgIpc) is 2.42. The van der Waals surface area contributed by atoms with Crippen LogP contribution in [0.15, 0.2) is 24.3 Å². The Bertz CT molecular complexity index is 401. The predicted octanol–water partition coefficient (Wildman–Crippen LogP) is 1.70. The third-order valence-corrected chi connectivity index (χ3v) is 3.02. The van der Waals surface area contributed by atoms with Crippen LogP contribution in [0.1, 0.15) is 19.4 Å². The normalized spacial score (nSPS) is 13.7. The molecule has 0 heterocycles. The van der Waals surface area contributed by atoms with Gasteiger partial charge in [0.05, 0.1) is 0 Å². The number of aliphatic hydroxyl groups is 1.